The molecule has 3 fully saturated rings. The second kappa shape index (κ2) is 10.4. The number of aromatic nitrogens is 3. The molecule has 1 unspecified atom stereocenters. The van der Waals surface area contributed by atoms with Crippen molar-refractivity contribution in [3.63, 3.8) is 0 Å². The van der Waals surface area contributed by atoms with Crippen LogP contribution in [-0.4, -0.2) is 44.6 Å². The van der Waals surface area contributed by atoms with Crippen LogP contribution in [0.3, 0.4) is 0 Å². The van der Waals surface area contributed by atoms with E-state index in [1.807, 2.05) is 0 Å². The molecular formula is C29H25Cl2FN4O5. The topological polar surface area (TPSA) is 115 Å². The summed E-state index contributed by atoms with van der Waals surface area (Å²) in [6.07, 6.45) is 5.55. The molecule has 212 valence electrons. The first kappa shape index (κ1) is 26.4. The summed E-state index contributed by atoms with van der Waals surface area (Å²) in [5, 5.41) is 23.0. The Hall–Kier alpha value is -3.47. The van der Waals surface area contributed by atoms with Gasteiger partial charge in [-0.25, -0.2) is 9.18 Å². The third-order valence-electron chi connectivity index (χ3n) is 8.15. The van der Waals surface area contributed by atoms with E-state index in [0.717, 1.165) is 55.9 Å². The number of carboxylic acid groups (broad SMARTS) is 1. The highest BCUT2D eigenvalue weighted by atomic mass is 35.5. The number of carboxylic acids is 1. The van der Waals surface area contributed by atoms with Crippen molar-refractivity contribution in [3.8, 4) is 22.7 Å². The Morgan fingerprint density at radius 1 is 1.07 bits per heavy atom. The Labute approximate surface area is 244 Å². The predicted octanol–water partition coefficient (Wildman–Crippen LogP) is 7.13. The summed E-state index contributed by atoms with van der Waals surface area (Å²) in [6, 6.07) is 9.45. The molecule has 0 radical (unpaired) electrons. The normalized spacial score (nSPS) is 21.9. The first-order valence-corrected chi connectivity index (χ1v) is 14.3. The van der Waals surface area contributed by atoms with E-state index >= 15 is 0 Å². The van der Waals surface area contributed by atoms with E-state index < -0.39 is 11.8 Å². The van der Waals surface area contributed by atoms with Crippen molar-refractivity contribution in [1.82, 2.24) is 15.4 Å². The molecule has 12 heteroatoms. The smallest absolute Gasteiger partial charge is 0.335 e. The number of rotatable bonds is 8. The number of nitrogens with zero attached hydrogens (tertiary/aromatic N) is 4. The Bertz CT molecular complexity index is 1600. The molecule has 3 atom stereocenters. The van der Waals surface area contributed by atoms with Crippen LogP contribution in [0.5, 0.6) is 0 Å². The van der Waals surface area contributed by atoms with Gasteiger partial charge in [0.25, 0.3) is 0 Å². The fourth-order valence-electron chi connectivity index (χ4n) is 6.10. The van der Waals surface area contributed by atoms with Gasteiger partial charge >= 0.3 is 12.0 Å². The van der Waals surface area contributed by atoms with Gasteiger partial charge in [-0.05, 0) is 68.9 Å². The summed E-state index contributed by atoms with van der Waals surface area (Å²) < 4.78 is 32.2. The molecule has 1 saturated carbocycles. The number of hydrogen-bond acceptors (Lipinski definition) is 8. The van der Waals surface area contributed by atoms with Crippen LogP contribution < -0.4 is 4.90 Å². The number of aromatic carboxylic acids is 1. The maximum absolute atomic E-state index is 14.0. The molecule has 3 aliphatic rings. The molecule has 2 aliphatic heterocycles. The van der Waals surface area contributed by atoms with E-state index in [1.54, 1.807) is 18.2 Å². The van der Waals surface area contributed by atoms with Crippen molar-refractivity contribution >= 4 is 35.2 Å². The molecule has 1 aliphatic carbocycles. The first-order valence-electron chi connectivity index (χ1n) is 13.6. The predicted molar refractivity (Wildman–Crippen MR) is 148 cm³/mol. The number of ether oxygens (including phenoxy) is 1. The van der Waals surface area contributed by atoms with Crippen molar-refractivity contribution in [2.75, 3.05) is 4.90 Å². The average molecular weight is 599 g/mol. The Morgan fingerprint density at radius 3 is 2.49 bits per heavy atom. The molecule has 7 rings (SSSR count). The number of hydrogen-bond donors (Lipinski definition) is 1. The van der Waals surface area contributed by atoms with Crippen molar-refractivity contribution in [3.05, 3.63) is 69.1 Å². The van der Waals surface area contributed by atoms with Gasteiger partial charge in [-0.1, -0.05) is 39.5 Å². The average Bonchev–Trinajstić information content (AvgIpc) is 3.41. The van der Waals surface area contributed by atoms with Gasteiger partial charge in [-0.15, -0.1) is 5.10 Å². The lowest BCUT2D eigenvalue weighted by molar-refractivity contribution is 0.0139. The third kappa shape index (κ3) is 4.98. The fraction of sp³-hybridized carbons (Fsp3) is 0.379. The molecule has 2 aromatic heterocycles. The van der Waals surface area contributed by atoms with E-state index in [2.05, 4.69) is 20.3 Å². The molecule has 4 aromatic rings. The lowest BCUT2D eigenvalue weighted by Crippen LogP contribution is -2.45. The summed E-state index contributed by atoms with van der Waals surface area (Å²) in [7, 11) is 0. The van der Waals surface area contributed by atoms with Crippen molar-refractivity contribution < 1.29 is 28.0 Å². The highest BCUT2D eigenvalue weighted by molar-refractivity contribution is 6.39. The van der Waals surface area contributed by atoms with Crippen LogP contribution in [0.1, 0.15) is 66.1 Å². The van der Waals surface area contributed by atoms with E-state index in [4.69, 9.17) is 36.9 Å². The van der Waals surface area contributed by atoms with Gasteiger partial charge in [0.15, 0.2) is 0 Å². The summed E-state index contributed by atoms with van der Waals surface area (Å²) in [5.74, 6) is -0.659. The highest BCUT2D eigenvalue weighted by Gasteiger charge is 2.44. The van der Waals surface area contributed by atoms with Crippen LogP contribution in [0.15, 0.2) is 45.3 Å². The third-order valence-corrected chi connectivity index (χ3v) is 8.78. The van der Waals surface area contributed by atoms with Crippen molar-refractivity contribution in [2.45, 2.75) is 69.2 Å². The number of anilines is 1. The summed E-state index contributed by atoms with van der Waals surface area (Å²) in [4.78, 5) is 13.5. The largest absolute Gasteiger partial charge is 0.478 e. The molecule has 2 bridgehead atoms. The molecule has 0 amide bonds. The number of fused-ring (bicyclic) bond motifs is 2. The highest BCUT2D eigenvalue weighted by Crippen LogP contribution is 2.47. The summed E-state index contributed by atoms with van der Waals surface area (Å²) >= 11 is 13.0. The SMILES string of the molecule is O=C(O)c1cc(F)cc(-c2nnc(N3[C@@H]4CC[C@H]3CC(OCc3c(-c5c(Cl)cccc5Cl)noc3C3CC3)C4)o2)c1. The number of piperidine rings is 1. The zero-order valence-corrected chi connectivity index (χ0v) is 23.2. The van der Waals surface area contributed by atoms with E-state index in [0.29, 0.717) is 39.8 Å². The van der Waals surface area contributed by atoms with Gasteiger partial charge in [0.2, 0.25) is 5.89 Å². The minimum absolute atomic E-state index is 0.00371. The van der Waals surface area contributed by atoms with Crippen LogP contribution in [0.4, 0.5) is 10.4 Å². The van der Waals surface area contributed by atoms with Gasteiger partial charge in [-0.2, -0.15) is 0 Å². The summed E-state index contributed by atoms with van der Waals surface area (Å²) in [6.45, 7) is 0.340. The Morgan fingerprint density at radius 2 is 1.80 bits per heavy atom. The van der Waals surface area contributed by atoms with Crippen LogP contribution in [0.25, 0.3) is 22.7 Å². The maximum Gasteiger partial charge on any atom is 0.335 e. The zero-order chi connectivity index (χ0) is 28.2. The molecule has 2 aromatic carbocycles. The molecule has 1 N–H and O–H groups in total. The Kier molecular flexibility index (Phi) is 6.72. The van der Waals surface area contributed by atoms with Gasteiger partial charge < -0.3 is 23.7 Å². The molecular weight excluding hydrogens is 574 g/mol. The quantitative estimate of drug-likeness (QED) is 0.226. The van der Waals surface area contributed by atoms with Crippen LogP contribution in [0, 0.1) is 5.82 Å². The maximum atomic E-state index is 14.0. The van der Waals surface area contributed by atoms with Crippen LogP contribution in [0.2, 0.25) is 10.0 Å². The number of benzene rings is 2. The lowest BCUT2D eigenvalue weighted by Gasteiger charge is -2.37. The minimum Gasteiger partial charge on any atom is -0.478 e. The van der Waals surface area contributed by atoms with E-state index in [1.165, 1.54) is 12.1 Å². The minimum atomic E-state index is -1.23. The lowest BCUT2D eigenvalue weighted by atomic mass is 10.00. The van der Waals surface area contributed by atoms with Crippen molar-refractivity contribution in [1.29, 1.82) is 0 Å². The fourth-order valence-corrected chi connectivity index (χ4v) is 6.67. The van der Waals surface area contributed by atoms with Gasteiger partial charge in [0.05, 0.1) is 28.3 Å². The van der Waals surface area contributed by atoms with Crippen molar-refractivity contribution in [2.24, 2.45) is 0 Å². The molecule has 2 saturated heterocycles. The first-order chi connectivity index (χ1) is 19.9. The van der Waals surface area contributed by atoms with Gasteiger partial charge in [-0.3, -0.25) is 0 Å². The van der Waals surface area contributed by atoms with Gasteiger partial charge in [0, 0.05) is 34.7 Å². The monoisotopic (exact) mass is 598 g/mol. The zero-order valence-electron chi connectivity index (χ0n) is 21.7. The van der Waals surface area contributed by atoms with E-state index in [9.17, 15) is 14.3 Å². The van der Waals surface area contributed by atoms with Crippen LogP contribution >= 0.6 is 23.2 Å². The van der Waals surface area contributed by atoms with E-state index in [-0.39, 0.29) is 35.2 Å². The molecule has 0 spiro atoms. The number of carbonyl (C=O) groups is 1. The second-order valence-corrected chi connectivity index (χ2v) is 11.7. The Balaban J connectivity index is 1.08. The van der Waals surface area contributed by atoms with Gasteiger partial charge in [0.1, 0.15) is 17.3 Å². The standard InChI is InChI=1S/C29H25Cl2FN4O5/c30-22-2-1-3-23(31)24(22)25-21(26(41-35-25)14-4-5-14)13-39-20-11-18-6-7-19(12-20)36(18)29-34-33-27(40-29)15-8-16(28(37)38)10-17(32)9-15/h1-3,8-10,14,18-20H,4-7,11-13H2,(H,37,38)/t18-,19+,20?. The molecule has 4 heterocycles. The number of halogens is 3. The van der Waals surface area contributed by atoms with Crippen LogP contribution in [-0.2, 0) is 11.3 Å². The summed E-state index contributed by atoms with van der Waals surface area (Å²) in [5.41, 5.74) is 2.22. The molecule has 9 nitrogen and oxygen atoms in total. The molecule has 41 heavy (non-hydrogen) atoms. The second-order valence-electron chi connectivity index (χ2n) is 10.9.